The van der Waals surface area contributed by atoms with Crippen LogP contribution in [0.5, 0.6) is 0 Å². The Balaban J connectivity index is 3.15. The number of nitrogens with one attached hydrogen (secondary N) is 1. The van der Waals surface area contributed by atoms with Crippen molar-refractivity contribution in [1.82, 2.24) is 5.32 Å². The van der Waals surface area contributed by atoms with Gasteiger partial charge in [-0.2, -0.15) is 0 Å². The molecule has 0 aliphatic carbocycles. The Morgan fingerprint density at radius 1 is 1.36 bits per heavy atom. The van der Waals surface area contributed by atoms with E-state index in [1.807, 2.05) is 0 Å². The van der Waals surface area contributed by atoms with Crippen molar-refractivity contribution < 1.29 is 14.6 Å². The molecular weight excluding hydrogens is 182 g/mol. The summed E-state index contributed by atoms with van der Waals surface area (Å²) in [5.41, 5.74) is 0. The third kappa shape index (κ3) is 8.44. The van der Waals surface area contributed by atoms with Crippen LogP contribution in [0.2, 0.25) is 0 Å². The maximum Gasteiger partial charge on any atom is 0.0638 e. The number of unbranched alkanes of at least 4 members (excludes halogenated alkanes) is 1. The van der Waals surface area contributed by atoms with Gasteiger partial charge < -0.3 is 19.9 Å². The number of hydrogen-bond acceptors (Lipinski definition) is 4. The van der Waals surface area contributed by atoms with E-state index in [1.54, 1.807) is 7.11 Å². The van der Waals surface area contributed by atoms with Crippen LogP contribution in [0, 0.1) is 0 Å². The molecule has 0 bridgehead atoms. The van der Waals surface area contributed by atoms with Crippen LogP contribution in [-0.4, -0.2) is 51.2 Å². The summed E-state index contributed by atoms with van der Waals surface area (Å²) in [5, 5.41) is 12.1. The van der Waals surface area contributed by atoms with Crippen molar-refractivity contribution in [1.29, 1.82) is 0 Å². The number of aliphatic hydroxyl groups is 1. The van der Waals surface area contributed by atoms with E-state index < -0.39 is 0 Å². The van der Waals surface area contributed by atoms with Gasteiger partial charge in [-0.1, -0.05) is 13.3 Å². The second-order valence-corrected chi connectivity index (χ2v) is 3.25. The van der Waals surface area contributed by atoms with E-state index in [-0.39, 0.29) is 12.6 Å². The second kappa shape index (κ2) is 10.9. The molecule has 1 atom stereocenters. The predicted molar refractivity (Wildman–Crippen MR) is 56.5 cm³/mol. The fourth-order valence-electron chi connectivity index (χ4n) is 1.06. The van der Waals surface area contributed by atoms with E-state index >= 15 is 0 Å². The summed E-state index contributed by atoms with van der Waals surface area (Å²) in [6.07, 6.45) is 2.28. The molecule has 0 aromatic heterocycles. The molecular formula is C10H23NO3. The average molecular weight is 205 g/mol. The standard InChI is InChI=1S/C10H23NO3/c1-3-4-6-14-7-5-11-10(8-12)9-13-2/h10-12H,3-9H2,1-2H3. The summed E-state index contributed by atoms with van der Waals surface area (Å²) < 4.78 is 10.3. The lowest BCUT2D eigenvalue weighted by atomic mass is 10.3. The topological polar surface area (TPSA) is 50.7 Å². The van der Waals surface area contributed by atoms with Gasteiger partial charge in [0.25, 0.3) is 0 Å². The van der Waals surface area contributed by atoms with Gasteiger partial charge in [-0.05, 0) is 6.42 Å². The zero-order valence-corrected chi connectivity index (χ0v) is 9.29. The molecule has 4 heteroatoms. The van der Waals surface area contributed by atoms with Crippen molar-refractivity contribution >= 4 is 0 Å². The van der Waals surface area contributed by atoms with Crippen LogP contribution in [0.25, 0.3) is 0 Å². The van der Waals surface area contributed by atoms with Gasteiger partial charge in [0.15, 0.2) is 0 Å². The Kier molecular flexibility index (Phi) is 10.8. The minimum atomic E-state index is 0.0229. The van der Waals surface area contributed by atoms with Gasteiger partial charge in [0.1, 0.15) is 0 Å². The van der Waals surface area contributed by atoms with Crippen molar-refractivity contribution in [2.24, 2.45) is 0 Å². The normalized spacial score (nSPS) is 13.1. The van der Waals surface area contributed by atoms with Gasteiger partial charge in [-0.15, -0.1) is 0 Å². The molecule has 0 radical (unpaired) electrons. The predicted octanol–water partition coefficient (Wildman–Crippen LogP) is 0.400. The molecule has 1 unspecified atom stereocenters. The van der Waals surface area contributed by atoms with Crippen LogP contribution in [-0.2, 0) is 9.47 Å². The Hall–Kier alpha value is -0.160. The lowest BCUT2D eigenvalue weighted by molar-refractivity contribution is 0.106. The van der Waals surface area contributed by atoms with Crippen LogP contribution in [0.3, 0.4) is 0 Å². The lowest BCUT2D eigenvalue weighted by Crippen LogP contribution is -2.38. The van der Waals surface area contributed by atoms with Crippen LogP contribution >= 0.6 is 0 Å². The van der Waals surface area contributed by atoms with Gasteiger partial charge in [0, 0.05) is 20.3 Å². The van der Waals surface area contributed by atoms with E-state index in [2.05, 4.69) is 12.2 Å². The van der Waals surface area contributed by atoms with E-state index in [0.29, 0.717) is 13.2 Å². The molecule has 0 aliphatic heterocycles. The summed E-state index contributed by atoms with van der Waals surface area (Å²) in [4.78, 5) is 0. The van der Waals surface area contributed by atoms with Crippen molar-refractivity contribution in [3.63, 3.8) is 0 Å². The molecule has 0 spiro atoms. The molecule has 86 valence electrons. The minimum absolute atomic E-state index is 0.0229. The van der Waals surface area contributed by atoms with Gasteiger partial charge in [0.05, 0.1) is 25.9 Å². The van der Waals surface area contributed by atoms with E-state index in [9.17, 15) is 0 Å². The monoisotopic (exact) mass is 205 g/mol. The first-order valence-electron chi connectivity index (χ1n) is 5.26. The Bertz CT molecular complexity index is 112. The molecule has 0 aromatic rings. The van der Waals surface area contributed by atoms with E-state index in [4.69, 9.17) is 14.6 Å². The maximum atomic E-state index is 8.91. The molecule has 0 saturated carbocycles. The average Bonchev–Trinajstić information content (AvgIpc) is 2.21. The molecule has 14 heavy (non-hydrogen) atoms. The van der Waals surface area contributed by atoms with E-state index in [0.717, 1.165) is 26.0 Å². The first-order chi connectivity index (χ1) is 6.85. The van der Waals surface area contributed by atoms with Gasteiger partial charge >= 0.3 is 0 Å². The summed E-state index contributed by atoms with van der Waals surface area (Å²) in [7, 11) is 1.63. The number of hydrogen-bond donors (Lipinski definition) is 2. The lowest BCUT2D eigenvalue weighted by Gasteiger charge is -2.14. The Morgan fingerprint density at radius 2 is 2.14 bits per heavy atom. The highest BCUT2D eigenvalue weighted by molar-refractivity contribution is 4.63. The summed E-state index contributed by atoms with van der Waals surface area (Å²) >= 11 is 0. The Morgan fingerprint density at radius 3 is 2.71 bits per heavy atom. The first kappa shape index (κ1) is 13.8. The highest BCUT2D eigenvalue weighted by Gasteiger charge is 2.04. The molecule has 0 fully saturated rings. The van der Waals surface area contributed by atoms with Gasteiger partial charge in [-0.25, -0.2) is 0 Å². The summed E-state index contributed by atoms with van der Waals surface area (Å²) in [6, 6.07) is 0.0229. The third-order valence-electron chi connectivity index (χ3n) is 1.91. The molecule has 0 aliphatic rings. The van der Waals surface area contributed by atoms with Gasteiger partial charge in [-0.3, -0.25) is 0 Å². The van der Waals surface area contributed by atoms with Crippen molar-refractivity contribution in [3.8, 4) is 0 Å². The summed E-state index contributed by atoms with van der Waals surface area (Å²) in [6.45, 7) is 5.06. The zero-order valence-electron chi connectivity index (χ0n) is 9.29. The number of rotatable bonds is 10. The summed E-state index contributed by atoms with van der Waals surface area (Å²) in [5.74, 6) is 0. The largest absolute Gasteiger partial charge is 0.395 e. The zero-order chi connectivity index (χ0) is 10.6. The fraction of sp³-hybridized carbons (Fsp3) is 1.00. The van der Waals surface area contributed by atoms with Crippen LogP contribution in [0.15, 0.2) is 0 Å². The molecule has 2 N–H and O–H groups in total. The highest BCUT2D eigenvalue weighted by atomic mass is 16.5. The van der Waals surface area contributed by atoms with Crippen molar-refractivity contribution in [2.45, 2.75) is 25.8 Å². The first-order valence-corrected chi connectivity index (χ1v) is 5.26. The molecule has 0 saturated heterocycles. The molecule has 0 heterocycles. The van der Waals surface area contributed by atoms with Crippen LogP contribution in [0.4, 0.5) is 0 Å². The molecule has 0 aromatic carbocycles. The third-order valence-corrected chi connectivity index (χ3v) is 1.91. The quantitative estimate of drug-likeness (QED) is 0.507. The minimum Gasteiger partial charge on any atom is -0.395 e. The Labute approximate surface area is 86.6 Å². The van der Waals surface area contributed by atoms with Crippen LogP contribution in [0.1, 0.15) is 19.8 Å². The second-order valence-electron chi connectivity index (χ2n) is 3.25. The SMILES string of the molecule is CCCCOCCNC(CO)COC. The van der Waals surface area contributed by atoms with Crippen LogP contribution < -0.4 is 5.32 Å². The smallest absolute Gasteiger partial charge is 0.0638 e. The fourth-order valence-corrected chi connectivity index (χ4v) is 1.06. The molecule has 4 nitrogen and oxygen atoms in total. The van der Waals surface area contributed by atoms with E-state index in [1.165, 1.54) is 0 Å². The molecule has 0 rings (SSSR count). The number of methoxy groups -OCH3 is 1. The highest BCUT2D eigenvalue weighted by Crippen LogP contribution is 1.87. The number of aliphatic hydroxyl groups excluding tert-OH is 1. The maximum absolute atomic E-state index is 8.91. The van der Waals surface area contributed by atoms with Crippen molar-refractivity contribution in [2.75, 3.05) is 40.1 Å². The van der Waals surface area contributed by atoms with Gasteiger partial charge in [0.2, 0.25) is 0 Å². The van der Waals surface area contributed by atoms with Crippen molar-refractivity contribution in [3.05, 3.63) is 0 Å². The molecule has 0 amide bonds. The number of ether oxygens (including phenoxy) is 2.